The Bertz CT molecular complexity index is 399. The first kappa shape index (κ1) is 16.1. The fraction of sp³-hybridized carbons (Fsp3) is 0.571. The molecule has 5 heteroatoms. The SMILES string of the molecule is CNCCCN(C)Cc1ccc(OC)c(OC)c1Cl. The van der Waals surface area contributed by atoms with Crippen LogP contribution in [0.2, 0.25) is 5.02 Å². The van der Waals surface area contributed by atoms with Crippen LogP contribution < -0.4 is 14.8 Å². The number of halogens is 1. The maximum atomic E-state index is 6.35. The zero-order chi connectivity index (χ0) is 14.3. The quantitative estimate of drug-likeness (QED) is 0.744. The molecule has 0 saturated heterocycles. The second-order valence-corrected chi connectivity index (χ2v) is 4.85. The van der Waals surface area contributed by atoms with Crippen LogP contribution in [0.5, 0.6) is 11.5 Å². The Hall–Kier alpha value is -0.970. The average molecular weight is 287 g/mol. The van der Waals surface area contributed by atoms with E-state index in [1.54, 1.807) is 14.2 Å². The number of ether oxygens (including phenoxy) is 2. The van der Waals surface area contributed by atoms with Gasteiger partial charge in [0.05, 0.1) is 19.2 Å². The molecule has 108 valence electrons. The average Bonchev–Trinajstić information content (AvgIpc) is 2.41. The smallest absolute Gasteiger partial charge is 0.179 e. The highest BCUT2D eigenvalue weighted by molar-refractivity contribution is 6.33. The minimum absolute atomic E-state index is 0.602. The van der Waals surface area contributed by atoms with Crippen molar-refractivity contribution in [2.45, 2.75) is 13.0 Å². The molecular weight excluding hydrogens is 264 g/mol. The van der Waals surface area contributed by atoms with Crippen LogP contribution in [0.25, 0.3) is 0 Å². The van der Waals surface area contributed by atoms with Crippen molar-refractivity contribution < 1.29 is 9.47 Å². The molecule has 0 radical (unpaired) electrons. The van der Waals surface area contributed by atoms with Gasteiger partial charge in [0.25, 0.3) is 0 Å². The van der Waals surface area contributed by atoms with Gasteiger partial charge in [0.15, 0.2) is 11.5 Å². The van der Waals surface area contributed by atoms with Gasteiger partial charge >= 0.3 is 0 Å². The van der Waals surface area contributed by atoms with Crippen molar-refractivity contribution in [2.24, 2.45) is 0 Å². The number of nitrogens with zero attached hydrogens (tertiary/aromatic N) is 1. The lowest BCUT2D eigenvalue weighted by molar-refractivity contribution is 0.318. The normalized spacial score (nSPS) is 10.8. The predicted octanol–water partition coefficient (Wildman–Crippen LogP) is 2.40. The molecular formula is C14H23ClN2O2. The molecule has 0 fully saturated rings. The lowest BCUT2D eigenvalue weighted by atomic mass is 10.2. The van der Waals surface area contributed by atoms with Crippen LogP contribution in [0, 0.1) is 0 Å². The highest BCUT2D eigenvalue weighted by atomic mass is 35.5. The van der Waals surface area contributed by atoms with E-state index < -0.39 is 0 Å². The number of hydrogen-bond donors (Lipinski definition) is 1. The summed E-state index contributed by atoms with van der Waals surface area (Å²) in [5.74, 6) is 1.26. The van der Waals surface area contributed by atoms with Gasteiger partial charge < -0.3 is 19.7 Å². The van der Waals surface area contributed by atoms with Gasteiger partial charge in [-0.15, -0.1) is 0 Å². The Labute approximate surface area is 120 Å². The van der Waals surface area contributed by atoms with Gasteiger partial charge in [-0.25, -0.2) is 0 Å². The molecule has 0 bridgehead atoms. The van der Waals surface area contributed by atoms with Crippen molar-refractivity contribution in [3.63, 3.8) is 0 Å². The summed E-state index contributed by atoms with van der Waals surface area (Å²) in [6, 6.07) is 3.87. The van der Waals surface area contributed by atoms with Gasteiger partial charge in [-0.1, -0.05) is 17.7 Å². The van der Waals surface area contributed by atoms with Crippen molar-refractivity contribution in [1.29, 1.82) is 0 Å². The minimum Gasteiger partial charge on any atom is -0.493 e. The molecule has 1 aromatic rings. The maximum absolute atomic E-state index is 6.35. The van der Waals surface area contributed by atoms with E-state index in [-0.39, 0.29) is 0 Å². The second kappa shape index (κ2) is 8.25. The summed E-state index contributed by atoms with van der Waals surface area (Å²) in [5.41, 5.74) is 1.05. The third-order valence-electron chi connectivity index (χ3n) is 2.97. The highest BCUT2D eigenvalue weighted by Gasteiger charge is 2.14. The van der Waals surface area contributed by atoms with Gasteiger partial charge in [0.2, 0.25) is 0 Å². The van der Waals surface area contributed by atoms with Gasteiger partial charge in [0, 0.05) is 6.54 Å². The van der Waals surface area contributed by atoms with Crippen LogP contribution in [0.15, 0.2) is 12.1 Å². The molecule has 0 aliphatic heterocycles. The third kappa shape index (κ3) is 4.56. The number of methoxy groups -OCH3 is 2. The first-order valence-corrected chi connectivity index (χ1v) is 6.74. The van der Waals surface area contributed by atoms with Gasteiger partial charge in [-0.05, 0) is 45.2 Å². The van der Waals surface area contributed by atoms with E-state index in [2.05, 4.69) is 17.3 Å². The molecule has 0 heterocycles. The zero-order valence-electron chi connectivity index (χ0n) is 12.1. The number of benzene rings is 1. The first-order chi connectivity index (χ1) is 9.13. The molecule has 19 heavy (non-hydrogen) atoms. The van der Waals surface area contributed by atoms with Gasteiger partial charge in [-0.3, -0.25) is 0 Å². The Morgan fingerprint density at radius 2 is 2.00 bits per heavy atom. The zero-order valence-corrected chi connectivity index (χ0v) is 12.9. The van der Waals surface area contributed by atoms with Crippen LogP contribution in [-0.4, -0.2) is 46.3 Å². The Morgan fingerprint density at radius 3 is 2.58 bits per heavy atom. The molecule has 1 rings (SSSR count). The summed E-state index contributed by atoms with van der Waals surface area (Å²) in [6.45, 7) is 2.83. The molecule has 0 aromatic heterocycles. The Morgan fingerprint density at radius 1 is 1.26 bits per heavy atom. The van der Waals surface area contributed by atoms with Crippen molar-refractivity contribution >= 4 is 11.6 Å². The summed E-state index contributed by atoms with van der Waals surface area (Å²) >= 11 is 6.35. The monoisotopic (exact) mass is 286 g/mol. The summed E-state index contributed by atoms with van der Waals surface area (Å²) in [5, 5.41) is 3.77. The van der Waals surface area contributed by atoms with E-state index in [0.717, 1.165) is 31.6 Å². The van der Waals surface area contributed by atoms with E-state index in [4.69, 9.17) is 21.1 Å². The highest BCUT2D eigenvalue weighted by Crippen LogP contribution is 2.37. The Balaban J connectivity index is 2.73. The van der Waals surface area contributed by atoms with Crippen molar-refractivity contribution in [3.8, 4) is 11.5 Å². The lowest BCUT2D eigenvalue weighted by Crippen LogP contribution is -2.22. The van der Waals surface area contributed by atoms with E-state index in [0.29, 0.717) is 16.5 Å². The molecule has 1 aromatic carbocycles. The van der Waals surface area contributed by atoms with Crippen LogP contribution in [-0.2, 0) is 6.54 Å². The Kier molecular flexibility index (Phi) is 6.99. The maximum Gasteiger partial charge on any atom is 0.179 e. The molecule has 1 N–H and O–H groups in total. The van der Waals surface area contributed by atoms with E-state index in [1.165, 1.54) is 0 Å². The first-order valence-electron chi connectivity index (χ1n) is 6.36. The van der Waals surface area contributed by atoms with Gasteiger partial charge in [0.1, 0.15) is 0 Å². The topological polar surface area (TPSA) is 33.7 Å². The van der Waals surface area contributed by atoms with Crippen molar-refractivity contribution in [3.05, 3.63) is 22.7 Å². The molecule has 0 amide bonds. The molecule has 0 unspecified atom stereocenters. The number of nitrogens with one attached hydrogen (secondary N) is 1. The van der Waals surface area contributed by atoms with Crippen LogP contribution in [0.1, 0.15) is 12.0 Å². The lowest BCUT2D eigenvalue weighted by Gasteiger charge is -2.19. The van der Waals surface area contributed by atoms with Crippen LogP contribution in [0.3, 0.4) is 0 Å². The number of hydrogen-bond acceptors (Lipinski definition) is 4. The molecule has 0 saturated carbocycles. The fourth-order valence-corrected chi connectivity index (χ4v) is 2.24. The third-order valence-corrected chi connectivity index (χ3v) is 3.39. The fourth-order valence-electron chi connectivity index (χ4n) is 1.95. The van der Waals surface area contributed by atoms with Crippen molar-refractivity contribution in [2.75, 3.05) is 41.4 Å². The van der Waals surface area contributed by atoms with E-state index in [1.807, 2.05) is 19.2 Å². The molecule has 0 aliphatic carbocycles. The van der Waals surface area contributed by atoms with Crippen molar-refractivity contribution in [1.82, 2.24) is 10.2 Å². The molecule has 0 aliphatic rings. The molecule has 4 nitrogen and oxygen atoms in total. The number of rotatable bonds is 8. The summed E-state index contributed by atoms with van der Waals surface area (Å²) in [6.07, 6.45) is 1.11. The van der Waals surface area contributed by atoms with E-state index >= 15 is 0 Å². The van der Waals surface area contributed by atoms with Crippen LogP contribution in [0.4, 0.5) is 0 Å². The molecule has 0 spiro atoms. The minimum atomic E-state index is 0.602. The summed E-state index contributed by atoms with van der Waals surface area (Å²) < 4.78 is 10.5. The largest absolute Gasteiger partial charge is 0.493 e. The summed E-state index contributed by atoms with van der Waals surface area (Å²) in [4.78, 5) is 2.24. The second-order valence-electron chi connectivity index (χ2n) is 4.47. The van der Waals surface area contributed by atoms with E-state index in [9.17, 15) is 0 Å². The van der Waals surface area contributed by atoms with Crippen LogP contribution >= 0.6 is 11.6 Å². The van der Waals surface area contributed by atoms with Gasteiger partial charge in [-0.2, -0.15) is 0 Å². The summed E-state index contributed by atoms with van der Waals surface area (Å²) in [7, 11) is 7.26. The molecule has 0 atom stereocenters. The predicted molar refractivity (Wildman–Crippen MR) is 79.4 cm³/mol. The standard InChI is InChI=1S/C14H23ClN2O2/c1-16-8-5-9-17(2)10-11-6-7-12(18-3)14(19-4)13(11)15/h6-7,16H,5,8-10H2,1-4H3.